The van der Waals surface area contributed by atoms with Crippen LogP contribution in [0.3, 0.4) is 0 Å². The first-order valence-corrected chi connectivity index (χ1v) is 8.56. The number of nitrogens with one attached hydrogen (secondary N) is 1. The van der Waals surface area contributed by atoms with Gasteiger partial charge in [-0.05, 0) is 61.3 Å². The number of hydrogen-bond donors (Lipinski definition) is 1. The van der Waals surface area contributed by atoms with Gasteiger partial charge in [0.2, 0.25) is 0 Å². The highest BCUT2D eigenvalue weighted by atomic mass is 35.5. The Morgan fingerprint density at radius 2 is 2.00 bits per heavy atom. The van der Waals surface area contributed by atoms with Crippen molar-refractivity contribution in [2.75, 3.05) is 13.6 Å². The SMILES string of the molecule is C#CC(CNC)Sc1cc(-c2cc(C)c(C)c(F)c2)ccc1Cl. The molecule has 0 saturated heterocycles. The summed E-state index contributed by atoms with van der Waals surface area (Å²) < 4.78 is 14.0. The summed E-state index contributed by atoms with van der Waals surface area (Å²) >= 11 is 7.82. The van der Waals surface area contributed by atoms with Gasteiger partial charge in [-0.1, -0.05) is 29.7 Å². The molecule has 0 spiro atoms. The number of terminal acetylenes is 1. The topological polar surface area (TPSA) is 12.0 Å². The minimum atomic E-state index is -0.194. The molecule has 4 heteroatoms. The average molecular weight is 348 g/mol. The number of rotatable bonds is 5. The van der Waals surface area contributed by atoms with E-state index in [0.29, 0.717) is 17.1 Å². The minimum Gasteiger partial charge on any atom is -0.318 e. The monoisotopic (exact) mass is 347 g/mol. The number of hydrogen-bond acceptors (Lipinski definition) is 2. The Labute approximate surface area is 146 Å². The second-order valence-corrected chi connectivity index (χ2v) is 7.03. The van der Waals surface area contributed by atoms with E-state index in [1.165, 1.54) is 11.8 Å². The Morgan fingerprint density at radius 1 is 1.26 bits per heavy atom. The molecule has 1 unspecified atom stereocenters. The second kappa shape index (κ2) is 7.88. The van der Waals surface area contributed by atoms with Crippen molar-refractivity contribution in [3.05, 3.63) is 52.3 Å². The van der Waals surface area contributed by atoms with Crippen molar-refractivity contribution in [3.63, 3.8) is 0 Å². The van der Waals surface area contributed by atoms with Crippen LogP contribution >= 0.6 is 23.4 Å². The Kier molecular flexibility index (Phi) is 6.12. The first-order chi connectivity index (χ1) is 11.0. The van der Waals surface area contributed by atoms with Gasteiger partial charge in [-0.15, -0.1) is 18.2 Å². The van der Waals surface area contributed by atoms with Gasteiger partial charge in [0.25, 0.3) is 0 Å². The van der Waals surface area contributed by atoms with Gasteiger partial charge >= 0.3 is 0 Å². The third-order valence-corrected chi connectivity index (χ3v) is 5.33. The van der Waals surface area contributed by atoms with Gasteiger partial charge < -0.3 is 5.32 Å². The van der Waals surface area contributed by atoms with Gasteiger partial charge in [0.15, 0.2) is 0 Å². The van der Waals surface area contributed by atoms with Gasteiger partial charge in [-0.2, -0.15) is 0 Å². The van der Waals surface area contributed by atoms with E-state index in [-0.39, 0.29) is 11.1 Å². The fraction of sp³-hybridized carbons (Fsp3) is 0.263. The first kappa shape index (κ1) is 17.9. The summed E-state index contributed by atoms with van der Waals surface area (Å²) in [7, 11) is 1.86. The maximum absolute atomic E-state index is 14.0. The third-order valence-electron chi connectivity index (χ3n) is 3.71. The number of aryl methyl sites for hydroxylation is 1. The maximum atomic E-state index is 14.0. The Bertz CT molecular complexity index is 729. The fourth-order valence-corrected chi connectivity index (χ4v) is 3.48. The number of thioether (sulfide) groups is 1. The van der Waals surface area contributed by atoms with Gasteiger partial charge in [-0.25, -0.2) is 4.39 Å². The molecule has 0 aromatic heterocycles. The zero-order valence-corrected chi connectivity index (χ0v) is 15.0. The van der Waals surface area contributed by atoms with Crippen LogP contribution in [0, 0.1) is 32.0 Å². The van der Waals surface area contributed by atoms with Gasteiger partial charge in [0.05, 0.1) is 10.3 Å². The van der Waals surface area contributed by atoms with Crippen molar-refractivity contribution in [1.82, 2.24) is 5.32 Å². The molecule has 0 fully saturated rings. The average Bonchev–Trinajstić information content (AvgIpc) is 2.53. The normalized spacial score (nSPS) is 12.0. The molecule has 0 aliphatic heterocycles. The van der Waals surface area contributed by atoms with Crippen LogP contribution in [0.25, 0.3) is 11.1 Å². The summed E-state index contributed by atoms with van der Waals surface area (Å²) in [4.78, 5) is 0.904. The molecule has 23 heavy (non-hydrogen) atoms. The van der Waals surface area contributed by atoms with Crippen molar-refractivity contribution in [2.24, 2.45) is 0 Å². The van der Waals surface area contributed by atoms with Crippen LogP contribution in [0.4, 0.5) is 4.39 Å². The van der Waals surface area contributed by atoms with E-state index in [1.54, 1.807) is 13.0 Å². The van der Waals surface area contributed by atoms with E-state index < -0.39 is 0 Å². The van der Waals surface area contributed by atoms with Crippen molar-refractivity contribution in [3.8, 4) is 23.5 Å². The highest BCUT2D eigenvalue weighted by Crippen LogP contribution is 2.35. The van der Waals surface area contributed by atoms with Crippen LogP contribution in [0.2, 0.25) is 5.02 Å². The van der Waals surface area contributed by atoms with E-state index in [1.807, 2.05) is 38.2 Å². The molecule has 0 amide bonds. The number of benzene rings is 2. The summed E-state index contributed by atoms with van der Waals surface area (Å²) in [6, 6.07) is 9.25. The molecular weight excluding hydrogens is 329 g/mol. The van der Waals surface area contributed by atoms with E-state index in [4.69, 9.17) is 18.0 Å². The minimum absolute atomic E-state index is 0.00996. The van der Waals surface area contributed by atoms with Crippen LogP contribution in [0.5, 0.6) is 0 Å². The van der Waals surface area contributed by atoms with Crippen molar-refractivity contribution >= 4 is 23.4 Å². The fourth-order valence-electron chi connectivity index (χ4n) is 2.23. The van der Waals surface area contributed by atoms with E-state index >= 15 is 0 Å². The van der Waals surface area contributed by atoms with Crippen LogP contribution in [0.15, 0.2) is 35.2 Å². The molecule has 1 N–H and O–H groups in total. The van der Waals surface area contributed by atoms with Gasteiger partial charge in [0, 0.05) is 11.4 Å². The van der Waals surface area contributed by atoms with E-state index in [0.717, 1.165) is 21.6 Å². The third kappa shape index (κ3) is 4.29. The Hall–Kier alpha value is -1.47. The van der Waals surface area contributed by atoms with E-state index in [2.05, 4.69) is 11.2 Å². The zero-order valence-electron chi connectivity index (χ0n) is 13.4. The summed E-state index contributed by atoms with van der Waals surface area (Å²) in [6.07, 6.45) is 5.56. The van der Waals surface area contributed by atoms with Gasteiger partial charge in [-0.3, -0.25) is 0 Å². The predicted molar refractivity (Wildman–Crippen MR) is 98.7 cm³/mol. The maximum Gasteiger partial charge on any atom is 0.126 e. The molecule has 0 aliphatic rings. The number of halogens is 2. The molecule has 2 rings (SSSR count). The second-order valence-electron chi connectivity index (χ2n) is 5.38. The zero-order chi connectivity index (χ0) is 17.0. The largest absolute Gasteiger partial charge is 0.318 e. The molecule has 2 aromatic rings. The molecule has 0 aliphatic carbocycles. The quantitative estimate of drug-likeness (QED) is 0.598. The standard InChI is InChI=1S/C19H19ClFNS/c1-5-16(11-22-4)23-19-10-14(6-7-17(19)20)15-8-12(2)13(3)18(21)9-15/h1,6-10,16,22H,11H2,2-4H3. The van der Waals surface area contributed by atoms with E-state index in [9.17, 15) is 4.39 Å². The molecule has 1 nitrogen and oxygen atoms in total. The Balaban J connectivity index is 2.39. The molecule has 2 aromatic carbocycles. The lowest BCUT2D eigenvalue weighted by atomic mass is 10.00. The highest BCUT2D eigenvalue weighted by Gasteiger charge is 2.12. The highest BCUT2D eigenvalue weighted by molar-refractivity contribution is 8.00. The molecule has 0 saturated carbocycles. The van der Waals surface area contributed by atoms with Crippen molar-refractivity contribution in [1.29, 1.82) is 0 Å². The van der Waals surface area contributed by atoms with Gasteiger partial charge in [0.1, 0.15) is 5.82 Å². The van der Waals surface area contributed by atoms with Crippen LogP contribution in [0.1, 0.15) is 11.1 Å². The molecule has 120 valence electrons. The lowest BCUT2D eigenvalue weighted by molar-refractivity contribution is 0.617. The lowest BCUT2D eigenvalue weighted by Gasteiger charge is -2.13. The summed E-state index contributed by atoms with van der Waals surface area (Å²) in [6.45, 7) is 4.39. The molecule has 0 bridgehead atoms. The Morgan fingerprint density at radius 3 is 2.61 bits per heavy atom. The molecular formula is C19H19ClFNS. The lowest BCUT2D eigenvalue weighted by Crippen LogP contribution is -2.19. The van der Waals surface area contributed by atoms with Crippen molar-refractivity contribution < 1.29 is 4.39 Å². The molecule has 0 heterocycles. The smallest absolute Gasteiger partial charge is 0.126 e. The summed E-state index contributed by atoms with van der Waals surface area (Å²) in [5.41, 5.74) is 3.38. The first-order valence-electron chi connectivity index (χ1n) is 7.30. The van der Waals surface area contributed by atoms with Crippen molar-refractivity contribution in [2.45, 2.75) is 24.0 Å². The molecule has 1 atom stereocenters. The van der Waals surface area contributed by atoms with Crippen LogP contribution in [-0.4, -0.2) is 18.8 Å². The predicted octanol–water partition coefficient (Wildman–Crippen LogP) is 5.08. The van der Waals surface area contributed by atoms with Crippen LogP contribution < -0.4 is 5.32 Å². The molecule has 0 radical (unpaired) electrons. The summed E-state index contributed by atoms with van der Waals surface area (Å²) in [5.74, 6) is 2.55. The van der Waals surface area contributed by atoms with Crippen LogP contribution in [-0.2, 0) is 0 Å². The summed E-state index contributed by atoms with van der Waals surface area (Å²) in [5, 5.41) is 3.71.